The van der Waals surface area contributed by atoms with E-state index in [0.29, 0.717) is 12.0 Å². The maximum atomic E-state index is 13.9. The summed E-state index contributed by atoms with van der Waals surface area (Å²) in [6.07, 6.45) is 1.20. The third-order valence-electron chi connectivity index (χ3n) is 7.45. The molecular formula is C28H32N4O2. The van der Waals surface area contributed by atoms with Gasteiger partial charge in [-0.3, -0.25) is 19.3 Å². The van der Waals surface area contributed by atoms with Gasteiger partial charge in [0.05, 0.1) is 34.6 Å². The van der Waals surface area contributed by atoms with Gasteiger partial charge in [0.1, 0.15) is 5.78 Å². The summed E-state index contributed by atoms with van der Waals surface area (Å²) in [6.45, 7) is 10.3. The topological polar surface area (TPSA) is 68.4 Å². The van der Waals surface area contributed by atoms with Crippen LogP contribution in [0.25, 0.3) is 5.69 Å². The van der Waals surface area contributed by atoms with E-state index >= 15 is 0 Å². The zero-order valence-corrected chi connectivity index (χ0v) is 20.8. The number of nitrogens with one attached hydrogen (secondary N) is 1. The van der Waals surface area contributed by atoms with Crippen LogP contribution in [0.1, 0.15) is 55.1 Å². The lowest BCUT2D eigenvalue weighted by atomic mass is 9.68. The van der Waals surface area contributed by atoms with Gasteiger partial charge in [0.2, 0.25) is 0 Å². The van der Waals surface area contributed by atoms with Crippen LogP contribution in [-0.2, 0) is 11.8 Å². The molecule has 6 heteroatoms. The highest BCUT2D eigenvalue weighted by Crippen LogP contribution is 2.45. The maximum absolute atomic E-state index is 13.9. The first-order valence-corrected chi connectivity index (χ1v) is 11.9. The van der Waals surface area contributed by atoms with Crippen LogP contribution in [0, 0.1) is 32.1 Å². The Morgan fingerprint density at radius 1 is 1.00 bits per heavy atom. The number of aromatic nitrogens is 2. The minimum atomic E-state index is -0.477. The molecule has 0 bridgehead atoms. The molecule has 0 spiro atoms. The van der Waals surface area contributed by atoms with Crippen LogP contribution in [0.4, 0.5) is 11.4 Å². The van der Waals surface area contributed by atoms with Crippen LogP contribution in [-0.4, -0.2) is 20.9 Å². The summed E-state index contributed by atoms with van der Waals surface area (Å²) < 4.78 is 3.57. The van der Waals surface area contributed by atoms with Gasteiger partial charge >= 0.3 is 0 Å². The van der Waals surface area contributed by atoms with Gasteiger partial charge in [0.25, 0.3) is 5.56 Å². The molecule has 3 aromatic rings. The summed E-state index contributed by atoms with van der Waals surface area (Å²) in [5.74, 6) is -0.332. The zero-order chi connectivity index (χ0) is 24.4. The Kier molecular flexibility index (Phi) is 5.15. The monoisotopic (exact) mass is 456 g/mol. The van der Waals surface area contributed by atoms with E-state index in [9.17, 15) is 9.59 Å². The molecule has 0 saturated heterocycles. The molecule has 2 aromatic carbocycles. The summed E-state index contributed by atoms with van der Waals surface area (Å²) in [7, 11) is 1.90. The van der Waals surface area contributed by atoms with Crippen molar-refractivity contribution in [2.75, 3.05) is 5.32 Å². The van der Waals surface area contributed by atoms with Gasteiger partial charge in [-0.25, -0.2) is 4.68 Å². The Balaban J connectivity index is 1.74. The molecule has 5 rings (SSSR count). The van der Waals surface area contributed by atoms with E-state index in [0.717, 1.165) is 46.0 Å². The van der Waals surface area contributed by atoms with Gasteiger partial charge in [-0.05, 0) is 68.0 Å². The standard InChI is InChI=1S/C28H32N4O2/c1-16-12-20-21(13-17(16)2)30-26(25-22(29-20)14-28(4,5)15-23(25)33)24-18(3)31(6)32(27(24)34)19-10-8-7-9-11-19/h7-13,25-26,30H,14-15H2,1-6H3. The highest BCUT2D eigenvalue weighted by molar-refractivity contribution is 6.10. The number of fused-ring (bicyclic) bond motifs is 2. The molecule has 34 heavy (non-hydrogen) atoms. The van der Waals surface area contributed by atoms with Crippen LogP contribution in [0.2, 0.25) is 0 Å². The fourth-order valence-corrected chi connectivity index (χ4v) is 5.52. The van der Waals surface area contributed by atoms with Crippen molar-refractivity contribution in [3.05, 3.63) is 75.2 Å². The number of Topliss-reactive ketones (excluding diaryl/α,β-unsaturated/α-hetero) is 1. The van der Waals surface area contributed by atoms with Gasteiger partial charge in [0, 0.05) is 24.9 Å². The summed E-state index contributed by atoms with van der Waals surface area (Å²) >= 11 is 0. The minimum Gasteiger partial charge on any atom is -0.375 e. The summed E-state index contributed by atoms with van der Waals surface area (Å²) in [6, 6.07) is 13.3. The van der Waals surface area contributed by atoms with Gasteiger partial charge in [-0.1, -0.05) is 32.0 Å². The third kappa shape index (κ3) is 3.52. The lowest BCUT2D eigenvalue weighted by Crippen LogP contribution is -2.43. The average molecular weight is 457 g/mol. The van der Waals surface area contributed by atoms with E-state index in [4.69, 9.17) is 4.99 Å². The number of hydrogen-bond donors (Lipinski definition) is 1. The molecule has 1 fully saturated rings. The molecule has 2 aliphatic rings. The molecule has 2 atom stereocenters. The Bertz CT molecular complexity index is 1390. The molecule has 176 valence electrons. The highest BCUT2D eigenvalue weighted by atomic mass is 16.1. The van der Waals surface area contributed by atoms with Crippen LogP contribution in [0.3, 0.4) is 0 Å². The number of hydrogen-bond acceptors (Lipinski definition) is 4. The first-order chi connectivity index (χ1) is 16.1. The molecule has 1 aliphatic carbocycles. The smallest absolute Gasteiger partial charge is 0.276 e. The molecule has 2 heterocycles. The average Bonchev–Trinajstić information content (AvgIpc) is 2.88. The Morgan fingerprint density at radius 3 is 2.38 bits per heavy atom. The largest absolute Gasteiger partial charge is 0.375 e. The molecule has 1 saturated carbocycles. The molecule has 1 aliphatic heterocycles. The molecule has 6 nitrogen and oxygen atoms in total. The van der Waals surface area contributed by atoms with Crippen molar-refractivity contribution in [3.63, 3.8) is 0 Å². The fraction of sp³-hybridized carbons (Fsp3) is 0.393. The van der Waals surface area contributed by atoms with Crippen molar-refractivity contribution in [1.82, 2.24) is 9.36 Å². The second kappa shape index (κ2) is 7.83. The maximum Gasteiger partial charge on any atom is 0.276 e. The van der Waals surface area contributed by atoms with Gasteiger partial charge in [0.15, 0.2) is 0 Å². The van der Waals surface area contributed by atoms with Crippen molar-refractivity contribution in [2.45, 2.75) is 53.5 Å². The van der Waals surface area contributed by atoms with E-state index in [2.05, 4.69) is 45.1 Å². The van der Waals surface area contributed by atoms with E-state index < -0.39 is 12.0 Å². The number of anilines is 1. The highest BCUT2D eigenvalue weighted by Gasteiger charge is 2.45. The van der Waals surface area contributed by atoms with E-state index in [1.165, 1.54) is 0 Å². The molecule has 1 N–H and O–H groups in total. The Labute approximate surface area is 200 Å². The number of carbonyl (C=O) groups excluding carboxylic acids is 1. The molecular weight excluding hydrogens is 424 g/mol. The SMILES string of the molecule is Cc1cc2c(cc1C)NC(c1c(C)n(C)n(-c3ccccc3)c1=O)C1C(=O)CC(C)(C)CC1=N2. The van der Waals surface area contributed by atoms with E-state index in [1.54, 1.807) is 4.68 Å². The van der Waals surface area contributed by atoms with Crippen molar-refractivity contribution in [1.29, 1.82) is 0 Å². The van der Waals surface area contributed by atoms with E-state index in [-0.39, 0.29) is 16.8 Å². The molecule has 1 aromatic heterocycles. The minimum absolute atomic E-state index is 0.104. The number of benzene rings is 2. The first kappa shape index (κ1) is 22.4. The lowest BCUT2D eigenvalue weighted by molar-refractivity contribution is -0.124. The Morgan fingerprint density at radius 2 is 1.68 bits per heavy atom. The van der Waals surface area contributed by atoms with Crippen molar-refractivity contribution >= 4 is 22.9 Å². The molecule has 0 amide bonds. The second-order valence-electron chi connectivity index (χ2n) is 10.6. The predicted molar refractivity (Wildman–Crippen MR) is 137 cm³/mol. The van der Waals surface area contributed by atoms with Gasteiger partial charge < -0.3 is 5.32 Å². The van der Waals surface area contributed by atoms with Crippen LogP contribution < -0.4 is 10.9 Å². The third-order valence-corrected chi connectivity index (χ3v) is 7.45. The zero-order valence-electron chi connectivity index (χ0n) is 20.8. The molecule has 2 unspecified atom stereocenters. The number of aryl methyl sites for hydroxylation is 2. The van der Waals surface area contributed by atoms with Gasteiger partial charge in [-0.2, -0.15) is 0 Å². The lowest BCUT2D eigenvalue weighted by Gasteiger charge is -2.37. The number of nitrogens with zero attached hydrogens (tertiary/aromatic N) is 3. The summed E-state index contributed by atoms with van der Waals surface area (Å²) in [5.41, 5.74) is 6.90. The number of rotatable bonds is 2. The number of para-hydroxylation sites is 1. The van der Waals surface area contributed by atoms with E-state index in [1.807, 2.05) is 49.0 Å². The van der Waals surface area contributed by atoms with Crippen LogP contribution in [0.15, 0.2) is 52.3 Å². The van der Waals surface area contributed by atoms with Crippen molar-refractivity contribution < 1.29 is 4.79 Å². The summed E-state index contributed by atoms with van der Waals surface area (Å²) in [5, 5.41) is 3.61. The number of ketones is 1. The van der Waals surface area contributed by atoms with Gasteiger partial charge in [-0.15, -0.1) is 0 Å². The van der Waals surface area contributed by atoms with Crippen molar-refractivity contribution in [2.24, 2.45) is 23.4 Å². The molecule has 0 radical (unpaired) electrons. The summed E-state index contributed by atoms with van der Waals surface area (Å²) in [4.78, 5) is 32.6. The van der Waals surface area contributed by atoms with Crippen LogP contribution >= 0.6 is 0 Å². The predicted octanol–water partition coefficient (Wildman–Crippen LogP) is 5.35. The number of carbonyl (C=O) groups is 1. The normalized spacial score (nSPS) is 21.2. The second-order valence-corrected chi connectivity index (χ2v) is 10.6. The quantitative estimate of drug-likeness (QED) is 0.565. The Hall–Kier alpha value is -3.41. The fourth-order valence-electron chi connectivity index (χ4n) is 5.52. The first-order valence-electron chi connectivity index (χ1n) is 11.9. The number of aliphatic imine (C=N–C) groups is 1. The van der Waals surface area contributed by atoms with Crippen molar-refractivity contribution in [3.8, 4) is 5.69 Å². The van der Waals surface area contributed by atoms with Crippen LogP contribution in [0.5, 0.6) is 0 Å².